The van der Waals surface area contributed by atoms with Crippen molar-refractivity contribution in [2.75, 3.05) is 31.4 Å². The lowest BCUT2D eigenvalue weighted by molar-refractivity contribution is 0.458. The molecule has 0 aliphatic carbocycles. The first-order valence-corrected chi connectivity index (χ1v) is 8.59. The molecule has 21 heavy (non-hydrogen) atoms. The van der Waals surface area contributed by atoms with Crippen LogP contribution in [0.1, 0.15) is 19.8 Å². The van der Waals surface area contributed by atoms with Crippen LogP contribution in [0.15, 0.2) is 18.2 Å². The second-order valence-corrected chi connectivity index (χ2v) is 6.82. The summed E-state index contributed by atoms with van der Waals surface area (Å²) in [4.78, 5) is 0. The molecular formula is C13H21ClFN3O2S. The largest absolute Gasteiger partial charge is 0.317 e. The minimum atomic E-state index is -3.79. The summed E-state index contributed by atoms with van der Waals surface area (Å²) >= 11 is 5.62. The maximum Gasteiger partial charge on any atom is 0.301 e. The monoisotopic (exact) mass is 337 g/mol. The molecule has 0 fully saturated rings. The van der Waals surface area contributed by atoms with Gasteiger partial charge >= 0.3 is 10.2 Å². The van der Waals surface area contributed by atoms with Crippen molar-refractivity contribution in [1.29, 1.82) is 0 Å². The fraction of sp³-hybridized carbons (Fsp3) is 0.538. The third-order valence-electron chi connectivity index (χ3n) is 2.85. The van der Waals surface area contributed by atoms with Crippen LogP contribution in [0, 0.1) is 5.82 Å². The van der Waals surface area contributed by atoms with Gasteiger partial charge < -0.3 is 5.32 Å². The predicted octanol–water partition coefficient (Wildman–Crippen LogP) is 2.46. The number of benzene rings is 1. The third-order valence-corrected chi connectivity index (χ3v) is 4.63. The molecule has 5 nitrogen and oxygen atoms in total. The molecule has 1 aromatic carbocycles. The van der Waals surface area contributed by atoms with Gasteiger partial charge in [-0.2, -0.15) is 12.7 Å². The van der Waals surface area contributed by atoms with Crippen LogP contribution < -0.4 is 10.0 Å². The van der Waals surface area contributed by atoms with Gasteiger partial charge in [0.2, 0.25) is 0 Å². The summed E-state index contributed by atoms with van der Waals surface area (Å²) in [7, 11) is -2.34. The molecule has 0 unspecified atom stereocenters. The number of rotatable bonds is 9. The average Bonchev–Trinajstić information content (AvgIpc) is 2.43. The van der Waals surface area contributed by atoms with Crippen molar-refractivity contribution in [3.8, 4) is 0 Å². The molecule has 1 rings (SSSR count). The van der Waals surface area contributed by atoms with E-state index in [1.165, 1.54) is 25.2 Å². The van der Waals surface area contributed by atoms with Crippen LogP contribution in [-0.2, 0) is 10.2 Å². The van der Waals surface area contributed by atoms with E-state index in [9.17, 15) is 12.8 Å². The highest BCUT2D eigenvalue weighted by Crippen LogP contribution is 2.23. The van der Waals surface area contributed by atoms with E-state index in [4.69, 9.17) is 11.6 Å². The van der Waals surface area contributed by atoms with Crippen molar-refractivity contribution in [2.45, 2.75) is 19.8 Å². The molecular weight excluding hydrogens is 317 g/mol. The van der Waals surface area contributed by atoms with Gasteiger partial charge in [0.15, 0.2) is 5.82 Å². The topological polar surface area (TPSA) is 61.4 Å². The van der Waals surface area contributed by atoms with Gasteiger partial charge in [-0.05, 0) is 38.1 Å². The van der Waals surface area contributed by atoms with Crippen molar-refractivity contribution in [3.63, 3.8) is 0 Å². The first kappa shape index (κ1) is 18.2. The quantitative estimate of drug-likeness (QED) is 0.680. The Hall–Kier alpha value is -0.890. The summed E-state index contributed by atoms with van der Waals surface area (Å²) in [5.41, 5.74) is -0.154. The van der Waals surface area contributed by atoms with Gasteiger partial charge in [-0.15, -0.1) is 0 Å². The Morgan fingerprint density at radius 2 is 2.05 bits per heavy atom. The zero-order valence-corrected chi connectivity index (χ0v) is 13.8. The molecule has 0 spiro atoms. The van der Waals surface area contributed by atoms with Gasteiger partial charge in [0.05, 0.1) is 10.7 Å². The van der Waals surface area contributed by atoms with Gasteiger partial charge in [-0.1, -0.05) is 24.6 Å². The van der Waals surface area contributed by atoms with E-state index in [1.807, 2.05) is 0 Å². The van der Waals surface area contributed by atoms with E-state index in [-0.39, 0.29) is 10.7 Å². The molecule has 2 N–H and O–H groups in total. The smallest absolute Gasteiger partial charge is 0.301 e. The standard InChI is InChI=1S/C13H21ClFN3O2S/c1-3-8-16-9-5-10-18(2)21(19,20)17-12-7-4-6-11(14)13(12)15/h4,6-7,16-17H,3,5,8-10H2,1-2H3. The molecule has 1 aromatic rings. The highest BCUT2D eigenvalue weighted by molar-refractivity contribution is 7.90. The van der Waals surface area contributed by atoms with E-state index in [0.29, 0.717) is 13.0 Å². The van der Waals surface area contributed by atoms with Crippen LogP contribution in [0.3, 0.4) is 0 Å². The molecule has 0 heterocycles. The summed E-state index contributed by atoms with van der Waals surface area (Å²) in [5.74, 6) is -0.777. The Morgan fingerprint density at radius 1 is 1.33 bits per heavy atom. The number of nitrogens with one attached hydrogen (secondary N) is 2. The van der Waals surface area contributed by atoms with E-state index in [0.717, 1.165) is 23.8 Å². The minimum Gasteiger partial charge on any atom is -0.317 e. The summed E-state index contributed by atoms with van der Waals surface area (Å²) < 4.78 is 41.2. The van der Waals surface area contributed by atoms with Gasteiger partial charge in [-0.25, -0.2) is 4.39 Å². The van der Waals surface area contributed by atoms with E-state index in [2.05, 4.69) is 17.0 Å². The van der Waals surface area contributed by atoms with Gasteiger partial charge in [-0.3, -0.25) is 4.72 Å². The van der Waals surface area contributed by atoms with Crippen molar-refractivity contribution < 1.29 is 12.8 Å². The zero-order valence-electron chi connectivity index (χ0n) is 12.2. The van der Waals surface area contributed by atoms with Crippen LogP contribution >= 0.6 is 11.6 Å². The molecule has 0 amide bonds. The van der Waals surface area contributed by atoms with Crippen LogP contribution in [0.4, 0.5) is 10.1 Å². The fourth-order valence-corrected chi connectivity index (χ4v) is 2.78. The van der Waals surface area contributed by atoms with Crippen molar-refractivity contribution in [2.24, 2.45) is 0 Å². The number of halogens is 2. The molecule has 0 radical (unpaired) electrons. The maximum atomic E-state index is 13.7. The molecule has 0 aliphatic heterocycles. The van der Waals surface area contributed by atoms with Crippen molar-refractivity contribution >= 4 is 27.5 Å². The SMILES string of the molecule is CCCNCCCN(C)S(=O)(=O)Nc1cccc(Cl)c1F. The normalized spacial score (nSPS) is 11.9. The van der Waals surface area contributed by atoms with Gasteiger partial charge in [0.25, 0.3) is 0 Å². The summed E-state index contributed by atoms with van der Waals surface area (Å²) in [6, 6.07) is 4.17. The number of nitrogens with zero attached hydrogens (tertiary/aromatic N) is 1. The molecule has 0 aromatic heterocycles. The fourth-order valence-electron chi connectivity index (χ4n) is 1.65. The molecule has 0 atom stereocenters. The van der Waals surface area contributed by atoms with E-state index >= 15 is 0 Å². The highest BCUT2D eigenvalue weighted by Gasteiger charge is 2.19. The Morgan fingerprint density at radius 3 is 2.71 bits per heavy atom. The second-order valence-electron chi connectivity index (χ2n) is 4.63. The summed E-state index contributed by atoms with van der Waals surface area (Å²) in [6.07, 6.45) is 1.71. The van der Waals surface area contributed by atoms with Crippen LogP contribution in [-0.4, -0.2) is 39.4 Å². The second kappa shape index (κ2) is 8.53. The van der Waals surface area contributed by atoms with Gasteiger partial charge in [0, 0.05) is 13.6 Å². The lowest BCUT2D eigenvalue weighted by atomic mass is 10.3. The minimum absolute atomic E-state index is 0.124. The molecule has 120 valence electrons. The first-order valence-electron chi connectivity index (χ1n) is 6.77. The van der Waals surface area contributed by atoms with Crippen LogP contribution in [0.25, 0.3) is 0 Å². The molecule has 0 saturated carbocycles. The van der Waals surface area contributed by atoms with Crippen LogP contribution in [0.5, 0.6) is 0 Å². The molecule has 0 bridgehead atoms. The van der Waals surface area contributed by atoms with Crippen LogP contribution in [0.2, 0.25) is 5.02 Å². The number of hydrogen-bond acceptors (Lipinski definition) is 3. The molecule has 0 aliphatic rings. The molecule has 8 heteroatoms. The lowest BCUT2D eigenvalue weighted by Crippen LogP contribution is -2.34. The zero-order chi connectivity index (χ0) is 15.9. The number of anilines is 1. The number of hydrogen-bond donors (Lipinski definition) is 2. The van der Waals surface area contributed by atoms with Crippen molar-refractivity contribution in [3.05, 3.63) is 29.0 Å². The summed E-state index contributed by atoms with van der Waals surface area (Å²) in [5, 5.41) is 3.07. The Kier molecular flexibility index (Phi) is 7.37. The van der Waals surface area contributed by atoms with E-state index in [1.54, 1.807) is 0 Å². The Labute approximate surface area is 130 Å². The molecule has 0 saturated heterocycles. The average molecular weight is 338 g/mol. The Balaban J connectivity index is 2.58. The van der Waals surface area contributed by atoms with Crippen molar-refractivity contribution in [1.82, 2.24) is 9.62 Å². The Bertz CT molecular complexity index is 554. The maximum absolute atomic E-state index is 13.7. The summed E-state index contributed by atoms with van der Waals surface area (Å²) in [6.45, 7) is 4.04. The highest BCUT2D eigenvalue weighted by atomic mass is 35.5. The lowest BCUT2D eigenvalue weighted by Gasteiger charge is -2.18. The first-order chi connectivity index (χ1) is 9.88. The third kappa shape index (κ3) is 5.78. The van der Waals surface area contributed by atoms with E-state index < -0.39 is 16.0 Å². The predicted molar refractivity (Wildman–Crippen MR) is 84.4 cm³/mol. The van der Waals surface area contributed by atoms with Gasteiger partial charge in [0.1, 0.15) is 0 Å².